The van der Waals surface area contributed by atoms with Crippen LogP contribution < -0.4 is 4.90 Å². The summed E-state index contributed by atoms with van der Waals surface area (Å²) in [5.74, 6) is 0.915. The molecular formula is C14H18N6O. The fraction of sp³-hybridized carbons (Fsp3) is 0.429. The summed E-state index contributed by atoms with van der Waals surface area (Å²) in [6.07, 6.45) is 5.10. The lowest BCUT2D eigenvalue weighted by Crippen LogP contribution is -2.49. The Morgan fingerprint density at radius 3 is 2.52 bits per heavy atom. The van der Waals surface area contributed by atoms with Crippen molar-refractivity contribution in [3.05, 3.63) is 35.5 Å². The second-order valence-electron chi connectivity index (χ2n) is 5.15. The van der Waals surface area contributed by atoms with Gasteiger partial charge in [0.15, 0.2) is 0 Å². The normalized spacial score (nSPS) is 15.3. The maximum absolute atomic E-state index is 12.6. The van der Waals surface area contributed by atoms with E-state index in [1.807, 2.05) is 18.7 Å². The van der Waals surface area contributed by atoms with Gasteiger partial charge in [-0.2, -0.15) is 5.10 Å². The Labute approximate surface area is 123 Å². The molecule has 1 fully saturated rings. The zero-order chi connectivity index (χ0) is 14.8. The van der Waals surface area contributed by atoms with Crippen molar-refractivity contribution in [1.29, 1.82) is 0 Å². The molecule has 0 aromatic carbocycles. The lowest BCUT2D eigenvalue weighted by molar-refractivity contribution is 0.0745. The molecule has 0 unspecified atom stereocenters. The lowest BCUT2D eigenvalue weighted by Gasteiger charge is -2.35. The zero-order valence-electron chi connectivity index (χ0n) is 12.2. The van der Waals surface area contributed by atoms with Crippen LogP contribution in [0.5, 0.6) is 0 Å². The first-order valence-electron chi connectivity index (χ1n) is 6.98. The molecule has 1 N–H and O–H groups in total. The number of piperazine rings is 1. The van der Waals surface area contributed by atoms with Gasteiger partial charge in [0.25, 0.3) is 5.91 Å². The van der Waals surface area contributed by atoms with Crippen LogP contribution in [0.2, 0.25) is 0 Å². The van der Waals surface area contributed by atoms with E-state index >= 15 is 0 Å². The van der Waals surface area contributed by atoms with E-state index in [2.05, 4.69) is 25.1 Å². The molecule has 0 saturated carbocycles. The van der Waals surface area contributed by atoms with Crippen LogP contribution in [0.3, 0.4) is 0 Å². The summed E-state index contributed by atoms with van der Waals surface area (Å²) in [4.78, 5) is 25.0. The van der Waals surface area contributed by atoms with Crippen LogP contribution in [0, 0.1) is 13.8 Å². The van der Waals surface area contributed by atoms with Gasteiger partial charge in [-0.05, 0) is 13.8 Å². The van der Waals surface area contributed by atoms with Gasteiger partial charge in [0, 0.05) is 44.3 Å². The van der Waals surface area contributed by atoms with E-state index in [9.17, 15) is 4.79 Å². The highest BCUT2D eigenvalue weighted by Gasteiger charge is 2.26. The molecule has 0 bridgehead atoms. The molecule has 1 amide bonds. The molecule has 3 rings (SSSR count). The lowest BCUT2D eigenvalue weighted by atomic mass is 10.1. The van der Waals surface area contributed by atoms with E-state index in [-0.39, 0.29) is 5.91 Å². The van der Waals surface area contributed by atoms with Crippen molar-refractivity contribution < 1.29 is 4.79 Å². The highest BCUT2D eigenvalue weighted by Crippen LogP contribution is 2.16. The van der Waals surface area contributed by atoms with Crippen molar-refractivity contribution in [3.63, 3.8) is 0 Å². The van der Waals surface area contributed by atoms with Gasteiger partial charge in [0.2, 0.25) is 0 Å². The Morgan fingerprint density at radius 1 is 1.19 bits per heavy atom. The van der Waals surface area contributed by atoms with Crippen molar-refractivity contribution in [2.24, 2.45) is 0 Å². The third-order valence-corrected chi connectivity index (χ3v) is 3.78. The average molecular weight is 286 g/mol. The monoisotopic (exact) mass is 286 g/mol. The topological polar surface area (TPSA) is 78.0 Å². The van der Waals surface area contributed by atoms with Gasteiger partial charge in [-0.3, -0.25) is 14.9 Å². The van der Waals surface area contributed by atoms with Crippen LogP contribution in [0.4, 0.5) is 5.82 Å². The summed E-state index contributed by atoms with van der Waals surface area (Å²) in [6.45, 7) is 6.62. The molecule has 0 radical (unpaired) electrons. The fourth-order valence-corrected chi connectivity index (χ4v) is 2.62. The fourth-order valence-electron chi connectivity index (χ4n) is 2.62. The Balaban J connectivity index is 1.68. The molecule has 1 saturated heterocycles. The number of H-pyrrole nitrogens is 1. The summed E-state index contributed by atoms with van der Waals surface area (Å²) >= 11 is 0. The summed E-state index contributed by atoms with van der Waals surface area (Å²) in [5, 5.41) is 6.96. The highest BCUT2D eigenvalue weighted by molar-refractivity contribution is 5.96. The van der Waals surface area contributed by atoms with Gasteiger partial charge in [-0.25, -0.2) is 4.98 Å². The molecule has 110 valence electrons. The number of aryl methyl sites for hydroxylation is 2. The smallest absolute Gasteiger partial charge is 0.257 e. The number of nitrogens with zero attached hydrogens (tertiary/aromatic N) is 5. The van der Waals surface area contributed by atoms with E-state index < -0.39 is 0 Å². The quantitative estimate of drug-likeness (QED) is 0.882. The van der Waals surface area contributed by atoms with Crippen LogP contribution >= 0.6 is 0 Å². The van der Waals surface area contributed by atoms with E-state index in [4.69, 9.17) is 0 Å². The van der Waals surface area contributed by atoms with E-state index in [0.717, 1.165) is 30.3 Å². The minimum atomic E-state index is 0.0533. The van der Waals surface area contributed by atoms with Crippen LogP contribution in [0.15, 0.2) is 18.6 Å². The number of aromatic amines is 1. The summed E-state index contributed by atoms with van der Waals surface area (Å²) in [5.41, 5.74) is 2.28. The number of hydrogen-bond donors (Lipinski definition) is 1. The molecule has 2 aromatic heterocycles. The molecule has 7 nitrogen and oxygen atoms in total. The molecule has 3 heterocycles. The van der Waals surface area contributed by atoms with Crippen molar-refractivity contribution in [2.45, 2.75) is 13.8 Å². The Morgan fingerprint density at radius 2 is 1.95 bits per heavy atom. The number of anilines is 1. The van der Waals surface area contributed by atoms with E-state index in [0.29, 0.717) is 18.7 Å². The molecule has 21 heavy (non-hydrogen) atoms. The predicted octanol–water partition coefficient (Wildman–Crippen LogP) is 0.779. The highest BCUT2D eigenvalue weighted by atomic mass is 16.2. The first kappa shape index (κ1) is 13.5. The maximum atomic E-state index is 12.6. The second-order valence-corrected chi connectivity index (χ2v) is 5.15. The molecule has 0 aliphatic carbocycles. The van der Waals surface area contributed by atoms with Crippen molar-refractivity contribution in [2.75, 3.05) is 31.1 Å². The summed E-state index contributed by atoms with van der Waals surface area (Å²) in [7, 11) is 0. The maximum Gasteiger partial charge on any atom is 0.257 e. The molecule has 7 heteroatoms. The van der Waals surface area contributed by atoms with Crippen LogP contribution in [0.1, 0.15) is 21.7 Å². The van der Waals surface area contributed by atoms with Crippen LogP contribution in [0.25, 0.3) is 0 Å². The van der Waals surface area contributed by atoms with E-state index in [1.165, 1.54) is 0 Å². The third-order valence-electron chi connectivity index (χ3n) is 3.78. The number of amides is 1. The zero-order valence-corrected chi connectivity index (χ0v) is 12.2. The average Bonchev–Trinajstić information content (AvgIpc) is 2.87. The standard InChI is InChI=1S/C14H18N6O/c1-10-13(11(2)18-17-10)14(21)20-7-5-19(6-8-20)12-9-15-3-4-16-12/h3-4,9H,5-8H2,1-2H3,(H,17,18). The minimum absolute atomic E-state index is 0.0533. The first-order valence-corrected chi connectivity index (χ1v) is 6.98. The van der Waals surface area contributed by atoms with Crippen LogP contribution in [-0.2, 0) is 0 Å². The SMILES string of the molecule is Cc1n[nH]c(C)c1C(=O)N1CCN(c2cnccn2)CC1. The predicted molar refractivity (Wildman–Crippen MR) is 78.2 cm³/mol. The first-order chi connectivity index (χ1) is 10.2. The summed E-state index contributed by atoms with van der Waals surface area (Å²) < 4.78 is 0. The van der Waals surface area contributed by atoms with Crippen molar-refractivity contribution in [3.8, 4) is 0 Å². The molecule has 0 atom stereocenters. The molecule has 1 aliphatic heterocycles. The Hall–Kier alpha value is -2.44. The van der Waals surface area contributed by atoms with Gasteiger partial charge in [0.05, 0.1) is 17.5 Å². The van der Waals surface area contributed by atoms with Crippen LogP contribution in [-0.4, -0.2) is 57.2 Å². The van der Waals surface area contributed by atoms with Crippen molar-refractivity contribution >= 4 is 11.7 Å². The van der Waals surface area contributed by atoms with Gasteiger partial charge in [-0.15, -0.1) is 0 Å². The largest absolute Gasteiger partial charge is 0.352 e. The minimum Gasteiger partial charge on any atom is -0.352 e. The number of aromatic nitrogens is 4. The molecule has 0 spiro atoms. The number of nitrogens with one attached hydrogen (secondary N) is 1. The third kappa shape index (κ3) is 2.58. The van der Waals surface area contributed by atoms with Crippen molar-refractivity contribution in [1.82, 2.24) is 25.1 Å². The molecule has 1 aliphatic rings. The van der Waals surface area contributed by atoms with Gasteiger partial charge in [0.1, 0.15) is 5.82 Å². The number of rotatable bonds is 2. The number of carbonyl (C=O) groups is 1. The summed E-state index contributed by atoms with van der Waals surface area (Å²) in [6, 6.07) is 0. The number of hydrogen-bond acceptors (Lipinski definition) is 5. The molecular weight excluding hydrogens is 268 g/mol. The molecule has 2 aromatic rings. The van der Waals surface area contributed by atoms with E-state index in [1.54, 1.807) is 18.6 Å². The Kier molecular flexibility index (Phi) is 3.55. The second kappa shape index (κ2) is 5.51. The van der Waals surface area contributed by atoms with Gasteiger partial charge >= 0.3 is 0 Å². The number of carbonyl (C=O) groups excluding carboxylic acids is 1. The van der Waals surface area contributed by atoms with Gasteiger partial charge < -0.3 is 9.80 Å². The Bertz CT molecular complexity index is 611. The van der Waals surface area contributed by atoms with Gasteiger partial charge in [-0.1, -0.05) is 0 Å².